The molecular formula is C19H14F3N5O2. The first-order valence-corrected chi connectivity index (χ1v) is 8.62. The first-order valence-electron chi connectivity index (χ1n) is 8.62. The van der Waals surface area contributed by atoms with Crippen molar-refractivity contribution in [1.82, 2.24) is 14.8 Å². The molecule has 2 amide bonds. The molecular weight excluding hydrogens is 387 g/mol. The zero-order chi connectivity index (χ0) is 20.6. The number of rotatable bonds is 3. The number of benzene rings is 2. The molecule has 0 unspecified atom stereocenters. The SMILES string of the molecule is O=C1C[C@@H](C(=O)Nc2ccccc2C(F)(F)F)n2nc(-c3ccccc3)nc2N1. The van der Waals surface area contributed by atoms with Gasteiger partial charge < -0.3 is 5.32 Å². The summed E-state index contributed by atoms with van der Waals surface area (Å²) < 4.78 is 40.8. The Labute approximate surface area is 162 Å². The molecule has 0 spiro atoms. The van der Waals surface area contributed by atoms with Crippen molar-refractivity contribution >= 4 is 23.5 Å². The summed E-state index contributed by atoms with van der Waals surface area (Å²) in [6, 6.07) is 12.4. The second-order valence-electron chi connectivity index (χ2n) is 6.37. The van der Waals surface area contributed by atoms with E-state index in [0.717, 1.165) is 12.1 Å². The van der Waals surface area contributed by atoms with Crippen molar-refractivity contribution in [2.45, 2.75) is 18.6 Å². The molecule has 1 atom stereocenters. The van der Waals surface area contributed by atoms with Crippen LogP contribution in [-0.4, -0.2) is 26.6 Å². The second kappa shape index (κ2) is 7.04. The lowest BCUT2D eigenvalue weighted by Crippen LogP contribution is -2.36. The van der Waals surface area contributed by atoms with E-state index in [1.807, 2.05) is 6.07 Å². The van der Waals surface area contributed by atoms with Gasteiger partial charge in [-0.05, 0) is 12.1 Å². The van der Waals surface area contributed by atoms with Crippen LogP contribution in [0.25, 0.3) is 11.4 Å². The second-order valence-corrected chi connectivity index (χ2v) is 6.37. The fraction of sp³-hybridized carbons (Fsp3) is 0.158. The van der Waals surface area contributed by atoms with Gasteiger partial charge in [0, 0.05) is 5.56 Å². The van der Waals surface area contributed by atoms with E-state index in [-0.39, 0.29) is 23.9 Å². The van der Waals surface area contributed by atoms with Crippen molar-refractivity contribution in [3.63, 3.8) is 0 Å². The number of hydrogen-bond donors (Lipinski definition) is 2. The summed E-state index contributed by atoms with van der Waals surface area (Å²) in [6.07, 6.45) is -4.91. The van der Waals surface area contributed by atoms with Gasteiger partial charge >= 0.3 is 6.18 Å². The summed E-state index contributed by atoms with van der Waals surface area (Å²) in [7, 11) is 0. The fourth-order valence-corrected chi connectivity index (χ4v) is 3.03. The molecule has 2 heterocycles. The molecule has 2 N–H and O–H groups in total. The number of carbonyl (C=O) groups excluding carboxylic acids is 2. The molecule has 0 saturated carbocycles. The van der Waals surface area contributed by atoms with Gasteiger partial charge in [-0.15, -0.1) is 5.10 Å². The molecule has 4 rings (SSSR count). The molecule has 29 heavy (non-hydrogen) atoms. The van der Waals surface area contributed by atoms with Gasteiger partial charge in [0.15, 0.2) is 5.82 Å². The van der Waals surface area contributed by atoms with Crippen molar-refractivity contribution < 1.29 is 22.8 Å². The summed E-state index contributed by atoms with van der Waals surface area (Å²) >= 11 is 0. The monoisotopic (exact) mass is 401 g/mol. The Morgan fingerprint density at radius 2 is 1.79 bits per heavy atom. The van der Waals surface area contributed by atoms with Crippen LogP contribution in [0.15, 0.2) is 54.6 Å². The predicted octanol–water partition coefficient (Wildman–Crippen LogP) is 3.49. The maximum atomic E-state index is 13.2. The Morgan fingerprint density at radius 1 is 1.10 bits per heavy atom. The maximum Gasteiger partial charge on any atom is 0.418 e. The third kappa shape index (κ3) is 3.68. The topological polar surface area (TPSA) is 88.9 Å². The molecule has 1 aliphatic heterocycles. The van der Waals surface area contributed by atoms with Gasteiger partial charge in [0.1, 0.15) is 6.04 Å². The summed E-state index contributed by atoms with van der Waals surface area (Å²) in [4.78, 5) is 29.0. The van der Waals surface area contributed by atoms with Crippen molar-refractivity contribution in [3.05, 3.63) is 60.2 Å². The molecule has 0 saturated heterocycles. The Bertz CT molecular complexity index is 1080. The lowest BCUT2D eigenvalue weighted by Gasteiger charge is -2.23. The standard InChI is InChI=1S/C19H14F3N5O2/c20-19(21,22)12-8-4-5-9-13(12)23-17(29)14-10-15(28)24-18-25-16(26-27(14)18)11-6-2-1-3-7-11/h1-9,14H,10H2,(H,23,29)(H,24,25,26,28)/t14-/m0/s1. The molecule has 3 aromatic rings. The maximum absolute atomic E-state index is 13.2. The van der Waals surface area contributed by atoms with E-state index in [1.54, 1.807) is 24.3 Å². The van der Waals surface area contributed by atoms with Crippen molar-refractivity contribution in [2.24, 2.45) is 0 Å². The Balaban J connectivity index is 1.66. The number of para-hydroxylation sites is 1. The van der Waals surface area contributed by atoms with E-state index in [1.165, 1.54) is 16.8 Å². The number of amides is 2. The summed E-state index contributed by atoms with van der Waals surface area (Å²) in [6.45, 7) is 0. The average molecular weight is 401 g/mol. The summed E-state index contributed by atoms with van der Waals surface area (Å²) in [5, 5.41) is 9.07. The normalized spacial score (nSPS) is 16.1. The quantitative estimate of drug-likeness (QED) is 0.703. The number of nitrogens with zero attached hydrogens (tertiary/aromatic N) is 3. The molecule has 1 aromatic heterocycles. The van der Waals surface area contributed by atoms with Crippen molar-refractivity contribution in [3.8, 4) is 11.4 Å². The molecule has 2 aromatic carbocycles. The minimum absolute atomic E-state index is 0.0596. The fourth-order valence-electron chi connectivity index (χ4n) is 3.03. The zero-order valence-corrected chi connectivity index (χ0v) is 14.8. The van der Waals surface area contributed by atoms with Crippen LogP contribution in [0.4, 0.5) is 24.8 Å². The van der Waals surface area contributed by atoms with E-state index in [4.69, 9.17) is 0 Å². The minimum Gasteiger partial charge on any atom is -0.324 e. The summed E-state index contributed by atoms with van der Waals surface area (Å²) in [5.74, 6) is -0.920. The molecule has 0 radical (unpaired) electrons. The number of hydrogen-bond acceptors (Lipinski definition) is 4. The van der Waals surface area contributed by atoms with Gasteiger partial charge in [-0.2, -0.15) is 18.2 Å². The van der Waals surface area contributed by atoms with Crippen LogP contribution in [0.5, 0.6) is 0 Å². The number of carbonyl (C=O) groups is 2. The van der Waals surface area contributed by atoms with Crippen LogP contribution in [0, 0.1) is 0 Å². The van der Waals surface area contributed by atoms with E-state index in [2.05, 4.69) is 20.7 Å². The largest absolute Gasteiger partial charge is 0.418 e. The number of halogens is 3. The lowest BCUT2D eigenvalue weighted by molar-refractivity contribution is -0.137. The molecule has 1 aliphatic rings. The third-order valence-electron chi connectivity index (χ3n) is 4.38. The first-order chi connectivity index (χ1) is 13.8. The summed E-state index contributed by atoms with van der Waals surface area (Å²) in [5.41, 5.74) is -0.691. The number of alkyl halides is 3. The lowest BCUT2D eigenvalue weighted by atomic mass is 10.1. The zero-order valence-electron chi connectivity index (χ0n) is 14.8. The van der Waals surface area contributed by atoms with Gasteiger partial charge in [0.25, 0.3) is 0 Å². The highest BCUT2D eigenvalue weighted by Crippen LogP contribution is 2.35. The predicted molar refractivity (Wildman–Crippen MR) is 97.8 cm³/mol. The average Bonchev–Trinajstić information content (AvgIpc) is 3.11. The molecule has 148 valence electrons. The number of anilines is 2. The van der Waals surface area contributed by atoms with Crippen LogP contribution in [0.3, 0.4) is 0 Å². The molecule has 0 aliphatic carbocycles. The van der Waals surface area contributed by atoms with Crippen molar-refractivity contribution in [2.75, 3.05) is 10.6 Å². The molecule has 0 fully saturated rings. The highest BCUT2D eigenvalue weighted by molar-refractivity contribution is 6.01. The van der Waals surface area contributed by atoms with E-state index >= 15 is 0 Å². The van der Waals surface area contributed by atoms with Crippen LogP contribution >= 0.6 is 0 Å². The highest BCUT2D eigenvalue weighted by atomic mass is 19.4. The van der Waals surface area contributed by atoms with E-state index in [0.29, 0.717) is 5.56 Å². The van der Waals surface area contributed by atoms with Gasteiger partial charge in [0.05, 0.1) is 17.7 Å². The Kier molecular flexibility index (Phi) is 4.53. The Hall–Kier alpha value is -3.69. The molecule has 7 nitrogen and oxygen atoms in total. The number of fused-ring (bicyclic) bond motifs is 1. The Morgan fingerprint density at radius 3 is 2.52 bits per heavy atom. The van der Waals surface area contributed by atoms with Crippen LogP contribution in [0.2, 0.25) is 0 Å². The number of nitrogens with one attached hydrogen (secondary N) is 2. The third-order valence-corrected chi connectivity index (χ3v) is 4.38. The van der Waals surface area contributed by atoms with Crippen LogP contribution in [0.1, 0.15) is 18.0 Å². The molecule has 0 bridgehead atoms. The van der Waals surface area contributed by atoms with Crippen molar-refractivity contribution in [1.29, 1.82) is 0 Å². The van der Waals surface area contributed by atoms with E-state index in [9.17, 15) is 22.8 Å². The van der Waals surface area contributed by atoms with Gasteiger partial charge in [-0.25, -0.2) is 4.68 Å². The smallest absolute Gasteiger partial charge is 0.324 e. The minimum atomic E-state index is -4.63. The van der Waals surface area contributed by atoms with Crippen LogP contribution < -0.4 is 10.6 Å². The van der Waals surface area contributed by atoms with E-state index < -0.39 is 29.6 Å². The first kappa shape index (κ1) is 18.7. The molecule has 10 heteroatoms. The number of aromatic nitrogens is 3. The van der Waals surface area contributed by atoms with Gasteiger partial charge in [-0.3, -0.25) is 14.9 Å². The highest BCUT2D eigenvalue weighted by Gasteiger charge is 2.36. The van der Waals surface area contributed by atoms with Gasteiger partial charge in [0.2, 0.25) is 17.8 Å². The van der Waals surface area contributed by atoms with Gasteiger partial charge in [-0.1, -0.05) is 42.5 Å². The van der Waals surface area contributed by atoms with Crippen LogP contribution in [-0.2, 0) is 15.8 Å².